The number of nitriles is 1. The van der Waals surface area contributed by atoms with E-state index in [1.165, 1.54) is 12.3 Å². The van der Waals surface area contributed by atoms with Crippen molar-refractivity contribution >= 4 is 18.0 Å². The number of nitrogens with zero attached hydrogens (tertiary/aromatic N) is 1. The highest BCUT2D eigenvalue weighted by molar-refractivity contribution is 6.01. The molecule has 0 radical (unpaired) electrons. The lowest BCUT2D eigenvalue weighted by atomic mass is 9.87. The van der Waals surface area contributed by atoms with Crippen molar-refractivity contribution in [3.8, 4) is 17.6 Å². The van der Waals surface area contributed by atoms with E-state index in [1.54, 1.807) is 42.5 Å². The maximum atomic E-state index is 12.7. The molecule has 1 heterocycles. The highest BCUT2D eigenvalue weighted by Crippen LogP contribution is 2.30. The Hall–Kier alpha value is -4.31. The van der Waals surface area contributed by atoms with E-state index in [0.717, 1.165) is 5.56 Å². The van der Waals surface area contributed by atoms with Gasteiger partial charge in [-0.25, -0.2) is 4.79 Å². The van der Waals surface area contributed by atoms with Crippen LogP contribution in [-0.4, -0.2) is 18.5 Å². The van der Waals surface area contributed by atoms with Crippen molar-refractivity contribution in [3.63, 3.8) is 0 Å². The van der Waals surface area contributed by atoms with E-state index in [4.69, 9.17) is 13.9 Å². The Kier molecular flexibility index (Phi) is 8.11. The number of hydrogen-bond acceptors (Lipinski definition) is 6. The molecule has 1 N–H and O–H groups in total. The zero-order valence-electron chi connectivity index (χ0n) is 20.3. The van der Waals surface area contributed by atoms with Gasteiger partial charge in [0.2, 0.25) is 0 Å². The van der Waals surface area contributed by atoms with E-state index >= 15 is 0 Å². The van der Waals surface area contributed by atoms with Crippen molar-refractivity contribution in [1.82, 2.24) is 5.32 Å². The lowest BCUT2D eigenvalue weighted by Crippen LogP contribution is -2.23. The third-order valence-corrected chi connectivity index (χ3v) is 5.14. The van der Waals surface area contributed by atoms with Crippen molar-refractivity contribution in [2.75, 3.05) is 6.61 Å². The fourth-order valence-corrected chi connectivity index (χ4v) is 3.22. The second-order valence-electron chi connectivity index (χ2n) is 8.79. The molecule has 2 aromatic carbocycles. The molecular weight excluding hydrogens is 444 g/mol. The Balaban J connectivity index is 1.76. The minimum Gasteiger partial charge on any atom is -0.490 e. The number of benzene rings is 2. The number of esters is 1. The first-order valence-electron chi connectivity index (χ1n) is 11.2. The maximum absolute atomic E-state index is 12.7. The number of furan rings is 1. The molecule has 0 saturated carbocycles. The number of carbonyl (C=O) groups is 2. The number of hydrogen-bond donors (Lipinski definition) is 1. The summed E-state index contributed by atoms with van der Waals surface area (Å²) >= 11 is 0. The Morgan fingerprint density at radius 2 is 1.83 bits per heavy atom. The van der Waals surface area contributed by atoms with Gasteiger partial charge in [0, 0.05) is 0 Å². The predicted octanol–water partition coefficient (Wildman–Crippen LogP) is 5.42. The summed E-state index contributed by atoms with van der Waals surface area (Å²) in [6.45, 7) is 8.62. The predicted molar refractivity (Wildman–Crippen MR) is 132 cm³/mol. The van der Waals surface area contributed by atoms with Gasteiger partial charge in [-0.05, 0) is 65.9 Å². The van der Waals surface area contributed by atoms with Crippen molar-refractivity contribution < 1.29 is 23.5 Å². The molecule has 0 atom stereocenters. The second-order valence-corrected chi connectivity index (χ2v) is 8.79. The molecule has 180 valence electrons. The van der Waals surface area contributed by atoms with Gasteiger partial charge in [-0.3, -0.25) is 4.79 Å². The molecule has 0 fully saturated rings. The van der Waals surface area contributed by atoms with Gasteiger partial charge in [0.25, 0.3) is 5.91 Å². The second kappa shape index (κ2) is 11.2. The van der Waals surface area contributed by atoms with Crippen molar-refractivity contribution in [2.24, 2.45) is 0 Å². The monoisotopic (exact) mass is 472 g/mol. The molecular formula is C28H28N2O5. The van der Waals surface area contributed by atoms with Crippen LogP contribution in [0.15, 0.2) is 70.9 Å². The smallest absolute Gasteiger partial charge is 0.343 e. The van der Waals surface area contributed by atoms with Crippen LogP contribution >= 0.6 is 0 Å². The summed E-state index contributed by atoms with van der Waals surface area (Å²) < 4.78 is 16.4. The topological polar surface area (TPSA) is 102 Å². The van der Waals surface area contributed by atoms with Gasteiger partial charge in [0.15, 0.2) is 11.5 Å². The zero-order chi connectivity index (χ0) is 25.4. The lowest BCUT2D eigenvalue weighted by Gasteiger charge is -2.19. The fraction of sp³-hybridized carbons (Fsp3) is 0.250. The first-order valence-corrected chi connectivity index (χ1v) is 11.2. The lowest BCUT2D eigenvalue weighted by molar-refractivity contribution is -0.117. The molecule has 0 aliphatic rings. The SMILES string of the molecule is CCOc1cc(/C=C(\C#N)C(=O)NCc2ccco2)ccc1OC(=O)c1ccc(C(C)(C)C)cc1. The van der Waals surface area contributed by atoms with E-state index in [9.17, 15) is 14.9 Å². The highest BCUT2D eigenvalue weighted by Gasteiger charge is 2.17. The van der Waals surface area contributed by atoms with Crippen LogP contribution in [0, 0.1) is 11.3 Å². The Morgan fingerprint density at radius 1 is 1.09 bits per heavy atom. The van der Waals surface area contributed by atoms with Crippen LogP contribution in [0.5, 0.6) is 11.5 Å². The van der Waals surface area contributed by atoms with E-state index in [2.05, 4.69) is 26.1 Å². The summed E-state index contributed by atoms with van der Waals surface area (Å²) in [5.41, 5.74) is 1.98. The van der Waals surface area contributed by atoms with E-state index in [-0.39, 0.29) is 23.3 Å². The summed E-state index contributed by atoms with van der Waals surface area (Å²) in [7, 11) is 0. The van der Waals surface area contributed by atoms with Gasteiger partial charge in [0.1, 0.15) is 17.4 Å². The van der Waals surface area contributed by atoms with Crippen LogP contribution in [0.4, 0.5) is 0 Å². The molecule has 1 amide bonds. The minimum absolute atomic E-state index is 0.0220. The third kappa shape index (κ3) is 6.84. The molecule has 1 aromatic heterocycles. The Morgan fingerprint density at radius 3 is 2.43 bits per heavy atom. The molecule has 0 aliphatic carbocycles. The summed E-state index contributed by atoms with van der Waals surface area (Å²) in [4.78, 5) is 25.1. The zero-order valence-corrected chi connectivity index (χ0v) is 20.3. The summed E-state index contributed by atoms with van der Waals surface area (Å²) in [6, 6.07) is 17.5. The normalized spacial score (nSPS) is 11.5. The molecule has 3 rings (SSSR count). The largest absolute Gasteiger partial charge is 0.490 e. The van der Waals surface area contributed by atoms with E-state index in [1.807, 2.05) is 25.1 Å². The molecule has 7 heteroatoms. The van der Waals surface area contributed by atoms with E-state index in [0.29, 0.717) is 29.2 Å². The fourth-order valence-electron chi connectivity index (χ4n) is 3.22. The number of ether oxygens (including phenoxy) is 2. The van der Waals surface area contributed by atoms with Crippen LogP contribution in [0.2, 0.25) is 0 Å². The average molecular weight is 473 g/mol. The molecule has 0 aliphatic heterocycles. The summed E-state index contributed by atoms with van der Waals surface area (Å²) in [5.74, 6) is 0.109. The summed E-state index contributed by atoms with van der Waals surface area (Å²) in [5, 5.41) is 12.1. The number of amides is 1. The van der Waals surface area contributed by atoms with Gasteiger partial charge in [-0.15, -0.1) is 0 Å². The minimum atomic E-state index is -0.531. The van der Waals surface area contributed by atoms with Crippen LogP contribution < -0.4 is 14.8 Å². The number of nitrogens with one attached hydrogen (secondary N) is 1. The third-order valence-electron chi connectivity index (χ3n) is 5.14. The van der Waals surface area contributed by atoms with Gasteiger partial charge in [-0.2, -0.15) is 5.26 Å². The molecule has 0 unspecified atom stereocenters. The molecule has 0 saturated heterocycles. The van der Waals surface area contributed by atoms with Crippen LogP contribution in [0.3, 0.4) is 0 Å². The van der Waals surface area contributed by atoms with Gasteiger partial charge in [0.05, 0.1) is 25.0 Å². The van der Waals surface area contributed by atoms with Crippen molar-refractivity contribution in [2.45, 2.75) is 39.7 Å². The summed E-state index contributed by atoms with van der Waals surface area (Å²) in [6.07, 6.45) is 2.95. The molecule has 0 bridgehead atoms. The number of rotatable bonds is 8. The highest BCUT2D eigenvalue weighted by atomic mass is 16.6. The maximum Gasteiger partial charge on any atom is 0.343 e. The molecule has 7 nitrogen and oxygen atoms in total. The Bertz CT molecular complexity index is 1240. The van der Waals surface area contributed by atoms with E-state index < -0.39 is 11.9 Å². The van der Waals surface area contributed by atoms with Crippen LogP contribution in [0.25, 0.3) is 6.08 Å². The van der Waals surface area contributed by atoms with Gasteiger partial charge >= 0.3 is 5.97 Å². The quantitative estimate of drug-likeness (QED) is 0.203. The molecule has 3 aromatic rings. The number of carbonyl (C=O) groups excluding carboxylic acids is 2. The first kappa shape index (κ1) is 25.3. The van der Waals surface area contributed by atoms with Crippen molar-refractivity contribution in [3.05, 3.63) is 88.9 Å². The molecule has 0 spiro atoms. The first-order chi connectivity index (χ1) is 16.7. The van der Waals surface area contributed by atoms with Gasteiger partial charge in [-0.1, -0.05) is 39.0 Å². The average Bonchev–Trinajstić information content (AvgIpc) is 3.36. The standard InChI is InChI=1S/C28H28N2O5/c1-5-33-25-16-19(15-21(17-29)26(31)30-18-23-7-6-14-34-23)8-13-24(25)35-27(32)20-9-11-22(12-10-20)28(2,3)4/h6-16H,5,18H2,1-4H3,(H,30,31)/b21-15+. The van der Waals surface area contributed by atoms with Crippen molar-refractivity contribution in [1.29, 1.82) is 5.26 Å². The van der Waals surface area contributed by atoms with Crippen LogP contribution in [0.1, 0.15) is 54.9 Å². The van der Waals surface area contributed by atoms with Crippen LogP contribution in [-0.2, 0) is 16.8 Å². The van der Waals surface area contributed by atoms with Gasteiger partial charge < -0.3 is 19.2 Å². The Labute approximate surface area is 205 Å². The molecule has 35 heavy (non-hydrogen) atoms.